The topological polar surface area (TPSA) is 62.9 Å². The summed E-state index contributed by atoms with van der Waals surface area (Å²) in [7, 11) is 1.65. The maximum atomic E-state index is 5.92. The molecule has 22 heavy (non-hydrogen) atoms. The second-order valence-electron chi connectivity index (χ2n) is 5.85. The van der Waals surface area contributed by atoms with E-state index in [1.807, 2.05) is 24.3 Å². The maximum absolute atomic E-state index is 5.92. The molecule has 1 aromatic rings. The molecule has 1 saturated heterocycles. The molecule has 0 amide bonds. The predicted octanol–water partition coefficient (Wildman–Crippen LogP) is 2.69. The second kappa shape index (κ2) is 8.63. The molecule has 0 spiro atoms. The van der Waals surface area contributed by atoms with Crippen LogP contribution in [0.25, 0.3) is 0 Å². The minimum absolute atomic E-state index is 0.469. The van der Waals surface area contributed by atoms with Gasteiger partial charge in [0.2, 0.25) is 0 Å². The van der Waals surface area contributed by atoms with Crippen molar-refractivity contribution in [3.63, 3.8) is 0 Å². The fourth-order valence-electron chi connectivity index (χ4n) is 2.82. The number of benzene rings is 1. The van der Waals surface area contributed by atoms with Crippen LogP contribution in [0.3, 0.4) is 0 Å². The maximum Gasteiger partial charge on any atom is 0.193 e. The van der Waals surface area contributed by atoms with Crippen LogP contribution in [0.5, 0.6) is 5.75 Å². The van der Waals surface area contributed by atoms with Crippen molar-refractivity contribution in [2.24, 2.45) is 10.7 Å². The van der Waals surface area contributed by atoms with Crippen molar-refractivity contribution in [2.45, 2.75) is 38.6 Å². The minimum atomic E-state index is 0.469. The lowest BCUT2D eigenvalue weighted by Crippen LogP contribution is -2.38. The zero-order chi connectivity index (χ0) is 15.8. The molecule has 1 aromatic carbocycles. The Morgan fingerprint density at radius 3 is 2.82 bits per heavy atom. The Bertz CT molecular complexity index is 472. The first-order valence-electron chi connectivity index (χ1n) is 8.14. The van der Waals surface area contributed by atoms with Crippen LogP contribution in [0.4, 0.5) is 5.69 Å². The Balaban J connectivity index is 1.70. The zero-order valence-electron chi connectivity index (χ0n) is 13.7. The van der Waals surface area contributed by atoms with E-state index in [9.17, 15) is 0 Å². The van der Waals surface area contributed by atoms with E-state index in [1.165, 1.54) is 25.8 Å². The summed E-state index contributed by atoms with van der Waals surface area (Å²) in [5.74, 6) is 1.30. The number of guanidine groups is 1. The van der Waals surface area contributed by atoms with E-state index in [-0.39, 0.29) is 0 Å². The van der Waals surface area contributed by atoms with Crippen molar-refractivity contribution in [1.29, 1.82) is 0 Å². The summed E-state index contributed by atoms with van der Waals surface area (Å²) < 4.78 is 5.13. The summed E-state index contributed by atoms with van der Waals surface area (Å²) in [5, 5.41) is 3.10. The van der Waals surface area contributed by atoms with Crippen LogP contribution in [0, 0.1) is 0 Å². The molecular formula is C17H28N4O. The van der Waals surface area contributed by atoms with Crippen molar-refractivity contribution < 1.29 is 4.74 Å². The number of nitrogens with zero attached hydrogens (tertiary/aromatic N) is 2. The molecule has 2 rings (SSSR count). The van der Waals surface area contributed by atoms with Gasteiger partial charge in [0, 0.05) is 24.8 Å². The molecule has 5 heteroatoms. The third-order valence-corrected chi connectivity index (χ3v) is 4.19. The number of methoxy groups -OCH3 is 1. The normalized spacial score (nSPS) is 19.9. The lowest BCUT2D eigenvalue weighted by molar-refractivity contribution is 0.160. The molecule has 0 radical (unpaired) electrons. The molecule has 0 saturated carbocycles. The van der Waals surface area contributed by atoms with Crippen LogP contribution in [-0.4, -0.2) is 43.6 Å². The third kappa shape index (κ3) is 5.22. The van der Waals surface area contributed by atoms with Crippen LogP contribution >= 0.6 is 0 Å². The van der Waals surface area contributed by atoms with Gasteiger partial charge in [-0.05, 0) is 57.0 Å². The van der Waals surface area contributed by atoms with E-state index in [4.69, 9.17) is 10.5 Å². The number of nitrogens with one attached hydrogen (secondary N) is 1. The summed E-state index contributed by atoms with van der Waals surface area (Å²) in [4.78, 5) is 6.96. The fraction of sp³-hybridized carbons (Fsp3) is 0.588. The van der Waals surface area contributed by atoms with E-state index in [2.05, 4.69) is 22.1 Å². The Hall–Kier alpha value is -1.75. The molecule has 0 bridgehead atoms. The Morgan fingerprint density at radius 2 is 2.14 bits per heavy atom. The zero-order valence-corrected chi connectivity index (χ0v) is 13.7. The van der Waals surface area contributed by atoms with Crippen molar-refractivity contribution in [2.75, 3.05) is 32.1 Å². The van der Waals surface area contributed by atoms with Gasteiger partial charge in [0.25, 0.3) is 0 Å². The van der Waals surface area contributed by atoms with Crippen LogP contribution in [0.15, 0.2) is 29.3 Å². The smallest absolute Gasteiger partial charge is 0.193 e. The fourth-order valence-corrected chi connectivity index (χ4v) is 2.82. The molecule has 1 aliphatic rings. The highest BCUT2D eigenvalue weighted by Gasteiger charge is 2.16. The van der Waals surface area contributed by atoms with E-state index in [0.29, 0.717) is 12.0 Å². The van der Waals surface area contributed by atoms with Crippen molar-refractivity contribution in [3.05, 3.63) is 24.3 Å². The van der Waals surface area contributed by atoms with Crippen molar-refractivity contribution in [3.8, 4) is 5.75 Å². The summed E-state index contributed by atoms with van der Waals surface area (Å²) in [5.41, 5.74) is 6.84. The van der Waals surface area contributed by atoms with Crippen LogP contribution < -0.4 is 15.8 Å². The summed E-state index contributed by atoms with van der Waals surface area (Å²) >= 11 is 0. The van der Waals surface area contributed by atoms with Gasteiger partial charge in [-0.2, -0.15) is 0 Å². The molecule has 0 aliphatic carbocycles. The quantitative estimate of drug-likeness (QED) is 0.482. The number of rotatable bonds is 6. The third-order valence-electron chi connectivity index (χ3n) is 4.19. The number of nitrogens with two attached hydrogens (primary N) is 1. The number of hydrogen-bond acceptors (Lipinski definition) is 3. The van der Waals surface area contributed by atoms with Gasteiger partial charge in [-0.1, -0.05) is 6.42 Å². The van der Waals surface area contributed by atoms with Gasteiger partial charge in [-0.25, -0.2) is 0 Å². The summed E-state index contributed by atoms with van der Waals surface area (Å²) in [6.45, 7) is 5.42. The second-order valence-corrected chi connectivity index (χ2v) is 5.85. The molecule has 1 aliphatic heterocycles. The van der Waals surface area contributed by atoms with Gasteiger partial charge in [0.1, 0.15) is 5.75 Å². The summed E-state index contributed by atoms with van der Waals surface area (Å²) in [6.07, 6.45) is 5.07. The number of aliphatic imine (C=N–C) groups is 1. The standard InChI is InChI=1S/C17H28N4O/c1-14-6-3-4-12-21(14)13-5-11-19-17(18)20-15-7-9-16(22-2)10-8-15/h7-10,14H,3-6,11-13H2,1-2H3,(H3,18,19,20). The lowest BCUT2D eigenvalue weighted by Gasteiger charge is -2.33. The minimum Gasteiger partial charge on any atom is -0.497 e. The van der Waals surface area contributed by atoms with Gasteiger partial charge in [0.05, 0.1) is 7.11 Å². The highest BCUT2D eigenvalue weighted by atomic mass is 16.5. The van der Waals surface area contributed by atoms with Crippen LogP contribution in [0.2, 0.25) is 0 Å². The molecule has 122 valence electrons. The predicted molar refractivity (Wildman–Crippen MR) is 92.6 cm³/mol. The molecule has 1 fully saturated rings. The number of hydrogen-bond donors (Lipinski definition) is 2. The van der Waals surface area contributed by atoms with Crippen molar-refractivity contribution in [1.82, 2.24) is 4.90 Å². The number of ether oxygens (including phenoxy) is 1. The van der Waals surface area contributed by atoms with Gasteiger partial charge >= 0.3 is 0 Å². The first-order valence-corrected chi connectivity index (χ1v) is 8.14. The molecule has 5 nitrogen and oxygen atoms in total. The summed E-state index contributed by atoms with van der Waals surface area (Å²) in [6, 6.07) is 8.36. The van der Waals surface area contributed by atoms with Gasteiger partial charge in [0.15, 0.2) is 5.96 Å². The van der Waals surface area contributed by atoms with E-state index < -0.39 is 0 Å². The number of piperidine rings is 1. The molecule has 3 N–H and O–H groups in total. The van der Waals surface area contributed by atoms with Gasteiger partial charge < -0.3 is 20.7 Å². The monoisotopic (exact) mass is 304 g/mol. The molecule has 1 unspecified atom stereocenters. The van der Waals surface area contributed by atoms with E-state index in [0.717, 1.165) is 30.9 Å². The average Bonchev–Trinajstić information content (AvgIpc) is 2.54. The molecular weight excluding hydrogens is 276 g/mol. The van der Waals surface area contributed by atoms with Crippen molar-refractivity contribution >= 4 is 11.6 Å². The van der Waals surface area contributed by atoms with Gasteiger partial charge in [-0.3, -0.25) is 4.99 Å². The Kier molecular flexibility index (Phi) is 6.52. The first kappa shape index (κ1) is 16.6. The van der Waals surface area contributed by atoms with E-state index >= 15 is 0 Å². The van der Waals surface area contributed by atoms with Gasteiger partial charge in [-0.15, -0.1) is 0 Å². The lowest BCUT2D eigenvalue weighted by atomic mass is 10.0. The molecule has 1 atom stereocenters. The first-order chi connectivity index (χ1) is 10.7. The van der Waals surface area contributed by atoms with Crippen LogP contribution in [-0.2, 0) is 0 Å². The highest BCUT2D eigenvalue weighted by Crippen LogP contribution is 2.16. The SMILES string of the molecule is COc1ccc(NC(N)=NCCCN2CCCCC2C)cc1. The number of likely N-dealkylation sites (tertiary alicyclic amines) is 1. The number of anilines is 1. The molecule has 1 heterocycles. The van der Waals surface area contributed by atoms with Crippen LogP contribution in [0.1, 0.15) is 32.6 Å². The Morgan fingerprint density at radius 1 is 1.36 bits per heavy atom. The average molecular weight is 304 g/mol. The molecule has 0 aromatic heterocycles. The highest BCUT2D eigenvalue weighted by molar-refractivity contribution is 5.92. The Labute approximate surface area is 133 Å². The van der Waals surface area contributed by atoms with E-state index in [1.54, 1.807) is 7.11 Å². The largest absolute Gasteiger partial charge is 0.497 e.